The highest BCUT2D eigenvalue weighted by Crippen LogP contribution is 2.29. The fourth-order valence-electron chi connectivity index (χ4n) is 1.94. The Balaban J connectivity index is 2.30. The number of hydrogen-bond acceptors (Lipinski definition) is 6. The molecule has 0 radical (unpaired) electrons. The molecule has 7 nitrogen and oxygen atoms in total. The average Bonchev–Trinajstić information content (AvgIpc) is 2.46. The molecule has 0 aliphatic carbocycles. The van der Waals surface area contributed by atoms with Gasteiger partial charge in [-0.2, -0.15) is 0 Å². The summed E-state index contributed by atoms with van der Waals surface area (Å²) in [4.78, 5) is 0. The van der Waals surface area contributed by atoms with E-state index in [1.807, 2.05) is 0 Å². The largest absolute Gasteiger partial charge is 0.396 e. The van der Waals surface area contributed by atoms with Crippen LogP contribution in [-0.4, -0.2) is 72.6 Å². The summed E-state index contributed by atoms with van der Waals surface area (Å²) in [5.74, 6) is -0.0886. The lowest BCUT2D eigenvalue weighted by molar-refractivity contribution is -0.0127. The molecule has 120 valence electrons. The van der Waals surface area contributed by atoms with Crippen molar-refractivity contribution in [3.05, 3.63) is 0 Å². The smallest absolute Gasteiger partial charge is 0.213 e. The molecule has 0 aromatic rings. The Morgan fingerprint density at radius 1 is 1.25 bits per heavy atom. The molecule has 0 bridgehead atoms. The van der Waals surface area contributed by atoms with Gasteiger partial charge in [0.15, 0.2) is 0 Å². The molecule has 0 atom stereocenters. The molecule has 0 aromatic heterocycles. The minimum atomic E-state index is -3.38. The third-order valence-corrected chi connectivity index (χ3v) is 4.77. The lowest BCUT2D eigenvalue weighted by Gasteiger charge is -2.35. The molecule has 0 saturated carbocycles. The van der Waals surface area contributed by atoms with Gasteiger partial charge in [0.05, 0.1) is 32.2 Å². The average molecular weight is 311 g/mol. The van der Waals surface area contributed by atoms with Gasteiger partial charge < -0.3 is 19.3 Å². The molecule has 2 N–H and O–H groups in total. The fraction of sp³-hybridized carbons (Fsp3) is 1.00. The molecule has 1 saturated heterocycles. The highest BCUT2D eigenvalue weighted by Gasteiger charge is 2.33. The van der Waals surface area contributed by atoms with Crippen LogP contribution in [0.2, 0.25) is 0 Å². The highest BCUT2D eigenvalue weighted by atomic mass is 32.2. The Kier molecular flexibility index (Phi) is 7.93. The van der Waals surface area contributed by atoms with Crippen LogP contribution in [-0.2, 0) is 24.2 Å². The van der Waals surface area contributed by atoms with Gasteiger partial charge in [0, 0.05) is 32.3 Å². The molecule has 1 aliphatic rings. The molecular formula is C12H25NO6S. The van der Waals surface area contributed by atoms with Crippen molar-refractivity contribution in [2.45, 2.75) is 12.8 Å². The van der Waals surface area contributed by atoms with Crippen LogP contribution in [0.3, 0.4) is 0 Å². The van der Waals surface area contributed by atoms with E-state index in [1.54, 1.807) is 7.11 Å². The molecule has 0 spiro atoms. The van der Waals surface area contributed by atoms with Gasteiger partial charge in [0.1, 0.15) is 0 Å². The SMILES string of the molecule is COCCOCCS(=O)(=O)NCC1(CO)CCOCC1. The molecule has 1 fully saturated rings. The normalized spacial score (nSPS) is 19.1. The van der Waals surface area contributed by atoms with E-state index >= 15 is 0 Å². The zero-order valence-corrected chi connectivity index (χ0v) is 12.8. The van der Waals surface area contributed by atoms with Crippen LogP contribution in [0.5, 0.6) is 0 Å². The fourth-order valence-corrected chi connectivity index (χ4v) is 2.95. The molecule has 20 heavy (non-hydrogen) atoms. The summed E-state index contributed by atoms with van der Waals surface area (Å²) >= 11 is 0. The first-order valence-electron chi connectivity index (χ1n) is 6.76. The van der Waals surface area contributed by atoms with Crippen molar-refractivity contribution in [1.29, 1.82) is 0 Å². The first kappa shape index (κ1) is 17.8. The Hall–Kier alpha value is -0.250. The minimum Gasteiger partial charge on any atom is -0.396 e. The van der Waals surface area contributed by atoms with Gasteiger partial charge in [-0.05, 0) is 12.8 Å². The predicted octanol–water partition coefficient (Wildman–Crippen LogP) is -0.642. The van der Waals surface area contributed by atoms with E-state index in [4.69, 9.17) is 14.2 Å². The second-order valence-electron chi connectivity index (χ2n) is 5.02. The van der Waals surface area contributed by atoms with Crippen molar-refractivity contribution in [1.82, 2.24) is 4.72 Å². The zero-order chi connectivity index (χ0) is 14.9. The van der Waals surface area contributed by atoms with Crippen LogP contribution >= 0.6 is 0 Å². The Labute approximate surface area is 120 Å². The summed E-state index contributed by atoms with van der Waals surface area (Å²) in [6.07, 6.45) is 1.33. The van der Waals surface area contributed by atoms with Gasteiger partial charge in [-0.1, -0.05) is 0 Å². The standard InChI is InChI=1S/C12H25NO6S/c1-17-6-7-19-8-9-20(15,16)13-10-12(11-14)2-4-18-5-3-12/h13-14H,2-11H2,1H3. The van der Waals surface area contributed by atoms with Gasteiger partial charge >= 0.3 is 0 Å². The summed E-state index contributed by atoms with van der Waals surface area (Å²) in [6.45, 7) is 2.28. The van der Waals surface area contributed by atoms with E-state index in [9.17, 15) is 13.5 Å². The van der Waals surface area contributed by atoms with Crippen molar-refractivity contribution in [2.24, 2.45) is 5.41 Å². The molecule has 0 amide bonds. The first-order valence-corrected chi connectivity index (χ1v) is 8.41. The Morgan fingerprint density at radius 3 is 2.55 bits per heavy atom. The van der Waals surface area contributed by atoms with E-state index < -0.39 is 15.4 Å². The monoisotopic (exact) mass is 311 g/mol. The summed E-state index contributed by atoms with van der Waals surface area (Å²) < 4.78 is 41.4. The summed E-state index contributed by atoms with van der Waals surface area (Å²) in [6, 6.07) is 0. The molecule has 1 aliphatic heterocycles. The van der Waals surface area contributed by atoms with E-state index in [0.29, 0.717) is 39.3 Å². The van der Waals surface area contributed by atoms with Crippen molar-refractivity contribution < 1.29 is 27.7 Å². The Bertz CT molecular complexity index is 353. The lowest BCUT2D eigenvalue weighted by Crippen LogP contribution is -2.44. The quantitative estimate of drug-likeness (QED) is 0.521. The molecule has 0 unspecified atom stereocenters. The number of hydrogen-bond donors (Lipinski definition) is 2. The zero-order valence-electron chi connectivity index (χ0n) is 12.0. The van der Waals surface area contributed by atoms with E-state index in [2.05, 4.69) is 4.72 Å². The van der Waals surface area contributed by atoms with Crippen LogP contribution < -0.4 is 4.72 Å². The maximum Gasteiger partial charge on any atom is 0.213 e. The van der Waals surface area contributed by atoms with E-state index in [-0.39, 0.29) is 25.5 Å². The van der Waals surface area contributed by atoms with Crippen LogP contribution in [0.4, 0.5) is 0 Å². The minimum absolute atomic E-state index is 0.0385. The maximum atomic E-state index is 11.8. The van der Waals surface area contributed by atoms with E-state index in [1.165, 1.54) is 0 Å². The number of nitrogens with one attached hydrogen (secondary N) is 1. The van der Waals surface area contributed by atoms with Gasteiger partial charge in [0.2, 0.25) is 10.0 Å². The van der Waals surface area contributed by atoms with Crippen molar-refractivity contribution in [3.63, 3.8) is 0 Å². The molecular weight excluding hydrogens is 286 g/mol. The predicted molar refractivity (Wildman–Crippen MR) is 74.1 cm³/mol. The third-order valence-electron chi connectivity index (χ3n) is 3.48. The molecule has 8 heteroatoms. The highest BCUT2D eigenvalue weighted by molar-refractivity contribution is 7.89. The van der Waals surface area contributed by atoms with Crippen LogP contribution in [0, 0.1) is 5.41 Å². The summed E-state index contributed by atoms with van der Waals surface area (Å²) in [5.41, 5.74) is -0.401. The first-order chi connectivity index (χ1) is 9.54. The number of methoxy groups -OCH3 is 1. The van der Waals surface area contributed by atoms with E-state index in [0.717, 1.165) is 0 Å². The second-order valence-corrected chi connectivity index (χ2v) is 6.94. The van der Waals surface area contributed by atoms with Crippen molar-refractivity contribution >= 4 is 10.0 Å². The molecule has 1 heterocycles. The van der Waals surface area contributed by atoms with Gasteiger partial charge in [-0.15, -0.1) is 0 Å². The van der Waals surface area contributed by atoms with Crippen molar-refractivity contribution in [3.8, 4) is 0 Å². The lowest BCUT2D eigenvalue weighted by atomic mass is 9.81. The van der Waals surface area contributed by atoms with Crippen LogP contribution in [0.15, 0.2) is 0 Å². The third kappa shape index (κ3) is 6.47. The molecule has 0 aromatic carbocycles. The van der Waals surface area contributed by atoms with Crippen LogP contribution in [0.25, 0.3) is 0 Å². The second kappa shape index (κ2) is 8.91. The molecule has 1 rings (SSSR count). The summed E-state index contributed by atoms with van der Waals surface area (Å²) in [5, 5.41) is 9.48. The maximum absolute atomic E-state index is 11.8. The van der Waals surface area contributed by atoms with Crippen LogP contribution in [0.1, 0.15) is 12.8 Å². The topological polar surface area (TPSA) is 94.1 Å². The van der Waals surface area contributed by atoms with Gasteiger partial charge in [0.25, 0.3) is 0 Å². The summed E-state index contributed by atoms with van der Waals surface area (Å²) in [7, 11) is -1.82. The number of aliphatic hydroxyl groups is 1. The van der Waals surface area contributed by atoms with Gasteiger partial charge in [-0.3, -0.25) is 0 Å². The van der Waals surface area contributed by atoms with Crippen molar-refractivity contribution in [2.75, 3.05) is 59.0 Å². The van der Waals surface area contributed by atoms with Gasteiger partial charge in [-0.25, -0.2) is 13.1 Å². The number of aliphatic hydroxyl groups excluding tert-OH is 1. The number of sulfonamides is 1. The Morgan fingerprint density at radius 2 is 1.95 bits per heavy atom. The number of rotatable bonds is 10. The number of ether oxygens (including phenoxy) is 3.